The number of hydrogen-bond donors (Lipinski definition) is 0. The Balaban J connectivity index is 1.60. The summed E-state index contributed by atoms with van der Waals surface area (Å²) in [5.41, 5.74) is 0.683. The lowest BCUT2D eigenvalue weighted by molar-refractivity contribution is 0.177. The quantitative estimate of drug-likeness (QED) is 0.249. The molecule has 1 aliphatic rings. The summed E-state index contributed by atoms with van der Waals surface area (Å²) in [5.74, 6) is 0.582. The first kappa shape index (κ1) is 23.1. The van der Waals surface area contributed by atoms with Crippen LogP contribution in [-0.2, 0) is 4.74 Å². The minimum absolute atomic E-state index is 0.0124. The van der Waals surface area contributed by atoms with Crippen molar-refractivity contribution < 1.29 is 17.7 Å². The monoisotopic (exact) mass is 499 g/mol. The summed E-state index contributed by atoms with van der Waals surface area (Å²) in [5, 5.41) is 6.57. The fourth-order valence-corrected chi connectivity index (χ4v) is 5.95. The number of fused-ring (bicyclic) bond motifs is 7. The highest BCUT2D eigenvalue weighted by molar-refractivity contribution is 7.32. The van der Waals surface area contributed by atoms with Crippen molar-refractivity contribution in [2.75, 3.05) is 6.61 Å². The normalized spacial score (nSPS) is 16.6. The zero-order chi connectivity index (χ0) is 25.1. The van der Waals surface area contributed by atoms with Gasteiger partial charge in [-0.1, -0.05) is 81.4 Å². The molecule has 5 aromatic rings. The Hall–Kier alpha value is -3.27. The Morgan fingerprint density at radius 2 is 1.28 bits per heavy atom. The van der Waals surface area contributed by atoms with E-state index in [0.717, 1.165) is 43.5 Å². The third-order valence-electron chi connectivity index (χ3n) is 6.85. The molecule has 1 aliphatic heterocycles. The van der Waals surface area contributed by atoms with Gasteiger partial charge in [0, 0.05) is 10.8 Å². The summed E-state index contributed by atoms with van der Waals surface area (Å²) in [4.78, 5) is 4.86. The molecule has 1 aromatic heterocycles. The smallest absolute Gasteiger partial charge is 0.388 e. The van der Waals surface area contributed by atoms with E-state index in [2.05, 4.69) is 81.4 Å². The Kier molecular flexibility index (Phi) is 5.40. The lowest BCUT2D eigenvalue weighted by Crippen LogP contribution is -2.37. The van der Waals surface area contributed by atoms with Crippen molar-refractivity contribution in [2.24, 2.45) is 10.4 Å². The van der Waals surface area contributed by atoms with E-state index >= 15 is 0 Å². The van der Waals surface area contributed by atoms with Crippen LogP contribution in [0.1, 0.15) is 34.6 Å². The lowest BCUT2D eigenvalue weighted by atomic mass is 9.88. The van der Waals surface area contributed by atoms with Crippen molar-refractivity contribution in [3.63, 3.8) is 0 Å². The minimum atomic E-state index is -1.79. The van der Waals surface area contributed by atoms with Gasteiger partial charge in [-0.3, -0.25) is 4.52 Å². The SMILES string of the molecule is CC(C)(Op1oc2ccc3ccccc3c2c2c(ccc3ccccc32)o1)C1=N[C@H](C(C)(C)C)CO1. The Morgan fingerprint density at radius 3 is 1.78 bits per heavy atom. The van der Waals surface area contributed by atoms with E-state index in [1.807, 2.05) is 26.0 Å². The fourth-order valence-electron chi connectivity index (χ4n) is 4.76. The maximum atomic E-state index is 6.51. The molecule has 4 aromatic carbocycles. The van der Waals surface area contributed by atoms with Crippen molar-refractivity contribution in [1.29, 1.82) is 0 Å². The van der Waals surface area contributed by atoms with Crippen LogP contribution >= 0.6 is 8.24 Å². The first-order chi connectivity index (χ1) is 17.2. The van der Waals surface area contributed by atoms with Crippen molar-refractivity contribution in [3.05, 3.63) is 72.8 Å². The first-order valence-corrected chi connectivity index (χ1v) is 13.4. The van der Waals surface area contributed by atoms with Crippen LogP contribution in [0.25, 0.3) is 43.5 Å². The van der Waals surface area contributed by atoms with Gasteiger partial charge in [-0.25, -0.2) is 4.99 Å². The van der Waals surface area contributed by atoms with Crippen LogP contribution in [0.15, 0.2) is 86.2 Å². The molecule has 5 nitrogen and oxygen atoms in total. The molecule has 2 heterocycles. The highest BCUT2D eigenvalue weighted by Crippen LogP contribution is 2.42. The van der Waals surface area contributed by atoms with Crippen molar-refractivity contribution in [1.82, 2.24) is 0 Å². The fraction of sp³-hybridized carbons (Fsp3) is 0.300. The van der Waals surface area contributed by atoms with E-state index in [0.29, 0.717) is 12.5 Å². The van der Waals surface area contributed by atoms with E-state index < -0.39 is 13.8 Å². The number of benzene rings is 4. The Bertz CT molecular complexity index is 1600. The van der Waals surface area contributed by atoms with Gasteiger partial charge in [0.2, 0.25) is 5.90 Å². The van der Waals surface area contributed by atoms with Crippen LogP contribution in [0.4, 0.5) is 0 Å². The second-order valence-electron chi connectivity index (χ2n) is 11.0. The number of ether oxygens (including phenoxy) is 1. The standard InChI is InChI=1S/C30H30NO4P/c1-29(2,3)25-18-32-28(31-25)30(4,5)35-36-33-23-16-14-19-10-6-8-12-21(19)26(23)27-22-13-9-7-11-20(22)15-17-24(27)34-36/h6-17,25H,18H2,1-5H3/t25-/m0/s1. The molecule has 36 heavy (non-hydrogen) atoms. The van der Waals surface area contributed by atoms with Gasteiger partial charge in [0.25, 0.3) is 0 Å². The Labute approximate surface area is 211 Å². The van der Waals surface area contributed by atoms with E-state index in [-0.39, 0.29) is 11.5 Å². The molecule has 1 atom stereocenters. The van der Waals surface area contributed by atoms with Crippen LogP contribution in [-0.4, -0.2) is 24.1 Å². The van der Waals surface area contributed by atoms with Gasteiger partial charge in [-0.2, -0.15) is 0 Å². The maximum Gasteiger partial charge on any atom is 0.388 e. The molecule has 6 rings (SSSR count). The summed E-state index contributed by atoms with van der Waals surface area (Å²) in [7, 11) is -1.79. The molecule has 0 amide bonds. The summed E-state index contributed by atoms with van der Waals surface area (Å²) in [6.45, 7) is 11.0. The highest BCUT2D eigenvalue weighted by Gasteiger charge is 2.39. The van der Waals surface area contributed by atoms with Crippen LogP contribution in [0.3, 0.4) is 0 Å². The summed E-state index contributed by atoms with van der Waals surface area (Å²) in [6, 6.07) is 25.0. The number of rotatable bonds is 3. The van der Waals surface area contributed by atoms with Crippen molar-refractivity contribution in [3.8, 4) is 0 Å². The molecule has 0 saturated heterocycles. The third-order valence-corrected chi connectivity index (χ3v) is 8.14. The maximum absolute atomic E-state index is 6.51. The topological polar surface area (TPSA) is 57.1 Å². The second-order valence-corrected chi connectivity index (χ2v) is 11.9. The number of aliphatic imine (C=N–C) groups is 1. The highest BCUT2D eigenvalue weighted by atomic mass is 31.1. The van der Waals surface area contributed by atoms with E-state index in [1.165, 1.54) is 0 Å². The zero-order valence-electron chi connectivity index (χ0n) is 21.2. The average molecular weight is 500 g/mol. The minimum Gasteiger partial charge on any atom is -0.477 e. The lowest BCUT2D eigenvalue weighted by Gasteiger charge is -2.22. The number of hydrogen-bond acceptors (Lipinski definition) is 5. The molecule has 0 fully saturated rings. The summed E-state index contributed by atoms with van der Waals surface area (Å²) >= 11 is 0. The summed E-state index contributed by atoms with van der Waals surface area (Å²) < 4.78 is 25.5. The molecule has 0 radical (unpaired) electrons. The summed E-state index contributed by atoms with van der Waals surface area (Å²) in [6.07, 6.45) is 0. The van der Waals surface area contributed by atoms with Gasteiger partial charge in [0.05, 0.1) is 6.04 Å². The van der Waals surface area contributed by atoms with Crippen LogP contribution in [0.2, 0.25) is 0 Å². The van der Waals surface area contributed by atoms with E-state index in [4.69, 9.17) is 22.6 Å². The van der Waals surface area contributed by atoms with Crippen molar-refractivity contribution >= 4 is 57.6 Å². The van der Waals surface area contributed by atoms with E-state index in [9.17, 15) is 0 Å². The third kappa shape index (κ3) is 3.97. The molecule has 0 N–H and O–H groups in total. The predicted molar refractivity (Wildman–Crippen MR) is 149 cm³/mol. The molecule has 6 heteroatoms. The van der Waals surface area contributed by atoms with Crippen LogP contribution in [0.5, 0.6) is 0 Å². The molecule has 184 valence electrons. The van der Waals surface area contributed by atoms with Crippen LogP contribution < -0.4 is 4.52 Å². The predicted octanol–water partition coefficient (Wildman–Crippen LogP) is 8.65. The van der Waals surface area contributed by atoms with Crippen molar-refractivity contribution in [2.45, 2.75) is 46.3 Å². The number of nitrogens with zero attached hydrogens (tertiary/aromatic N) is 1. The molecule has 0 saturated carbocycles. The van der Waals surface area contributed by atoms with Gasteiger partial charge in [-0.05, 0) is 52.9 Å². The molecular weight excluding hydrogens is 469 g/mol. The van der Waals surface area contributed by atoms with Gasteiger partial charge >= 0.3 is 8.24 Å². The Morgan fingerprint density at radius 1 is 0.750 bits per heavy atom. The largest absolute Gasteiger partial charge is 0.477 e. The van der Waals surface area contributed by atoms with Gasteiger partial charge in [0.15, 0.2) is 5.60 Å². The van der Waals surface area contributed by atoms with Gasteiger partial charge in [-0.15, -0.1) is 0 Å². The second kappa shape index (κ2) is 8.40. The average Bonchev–Trinajstić information content (AvgIpc) is 3.31. The molecule has 0 unspecified atom stereocenters. The van der Waals surface area contributed by atoms with Crippen LogP contribution in [0, 0.1) is 5.41 Å². The van der Waals surface area contributed by atoms with Gasteiger partial charge < -0.3 is 13.1 Å². The zero-order valence-corrected chi connectivity index (χ0v) is 22.1. The molecule has 0 aliphatic carbocycles. The molecule has 0 spiro atoms. The molecule has 0 bridgehead atoms. The van der Waals surface area contributed by atoms with E-state index in [1.54, 1.807) is 0 Å². The first-order valence-electron chi connectivity index (χ1n) is 12.3. The van der Waals surface area contributed by atoms with Gasteiger partial charge in [0.1, 0.15) is 17.8 Å². The molecular formula is C30H30NO4P.